The fraction of sp³-hybridized carbons (Fsp3) is 0.333. The summed E-state index contributed by atoms with van der Waals surface area (Å²) in [6.07, 6.45) is 1.72. The van der Waals surface area contributed by atoms with Crippen LogP contribution in [0.25, 0.3) is 0 Å². The van der Waals surface area contributed by atoms with Gasteiger partial charge in [-0.15, -0.1) is 0 Å². The third-order valence-corrected chi connectivity index (χ3v) is 4.28. The molecule has 26 heavy (non-hydrogen) atoms. The van der Waals surface area contributed by atoms with Gasteiger partial charge >= 0.3 is 5.97 Å². The second-order valence-electron chi connectivity index (χ2n) is 6.35. The average molecular weight is 355 g/mol. The highest BCUT2D eigenvalue weighted by molar-refractivity contribution is 5.94. The minimum atomic E-state index is -1.68. The van der Waals surface area contributed by atoms with Crippen molar-refractivity contribution in [3.8, 4) is 0 Å². The summed E-state index contributed by atoms with van der Waals surface area (Å²) < 4.78 is 0. The number of amides is 1. The largest absolute Gasteiger partial charge is 0.479 e. The lowest BCUT2D eigenvalue weighted by molar-refractivity contribution is -0.148. The highest BCUT2D eigenvalue weighted by Crippen LogP contribution is 2.11. The van der Waals surface area contributed by atoms with Gasteiger partial charge < -0.3 is 15.5 Å². The zero-order chi connectivity index (χ0) is 18.9. The Bertz CT molecular complexity index is 713. The number of hydrogen-bond acceptors (Lipinski definition) is 3. The Morgan fingerprint density at radius 1 is 1.00 bits per heavy atom. The van der Waals surface area contributed by atoms with Gasteiger partial charge in [-0.1, -0.05) is 55.8 Å². The molecule has 0 saturated carbocycles. The first-order valence-corrected chi connectivity index (χ1v) is 8.86. The molecule has 0 aliphatic heterocycles. The van der Waals surface area contributed by atoms with Crippen LogP contribution in [0, 0.1) is 0 Å². The number of aryl methyl sites for hydroxylation is 1. The number of nitrogens with one attached hydrogen (secondary N) is 1. The van der Waals surface area contributed by atoms with E-state index in [9.17, 15) is 14.7 Å². The molecule has 5 heteroatoms. The predicted molar refractivity (Wildman–Crippen MR) is 100 cm³/mol. The second-order valence-corrected chi connectivity index (χ2v) is 6.35. The Morgan fingerprint density at radius 2 is 1.65 bits per heavy atom. The Hall–Kier alpha value is -2.66. The van der Waals surface area contributed by atoms with E-state index < -0.39 is 24.0 Å². The van der Waals surface area contributed by atoms with Gasteiger partial charge in [-0.2, -0.15) is 0 Å². The van der Waals surface area contributed by atoms with Gasteiger partial charge in [0.1, 0.15) is 0 Å². The third-order valence-electron chi connectivity index (χ3n) is 4.28. The lowest BCUT2D eigenvalue weighted by atomic mass is 10.0. The molecule has 0 unspecified atom stereocenters. The number of carboxylic acids is 1. The number of benzene rings is 2. The summed E-state index contributed by atoms with van der Waals surface area (Å²) in [4.78, 5) is 23.7. The van der Waals surface area contributed by atoms with E-state index in [1.165, 1.54) is 0 Å². The van der Waals surface area contributed by atoms with Crippen LogP contribution in [0.15, 0.2) is 54.6 Å². The molecule has 1 amide bonds. The van der Waals surface area contributed by atoms with Crippen LogP contribution in [-0.2, 0) is 17.6 Å². The van der Waals surface area contributed by atoms with Crippen molar-refractivity contribution in [3.63, 3.8) is 0 Å². The molecule has 0 aromatic heterocycles. The van der Waals surface area contributed by atoms with Crippen LogP contribution in [0.2, 0.25) is 0 Å². The number of carbonyl (C=O) groups is 2. The Balaban J connectivity index is 2.08. The molecule has 2 aromatic carbocycles. The van der Waals surface area contributed by atoms with Gasteiger partial charge in [0, 0.05) is 5.56 Å². The molecule has 3 N–H and O–H groups in total. The standard InChI is InChI=1S/C21H25NO4/c1-2-3-7-15-10-12-17(13-11-15)20(24)22-18(19(23)21(25)26)14-16-8-5-4-6-9-16/h4-6,8-13,18-19,23H,2-3,7,14H2,1H3,(H,22,24)(H,25,26)/t18-,19-/m1/s1. The SMILES string of the molecule is CCCCc1ccc(C(=O)N[C@H](Cc2ccccc2)[C@@H](O)C(=O)O)cc1. The van der Waals surface area contributed by atoms with E-state index in [1.54, 1.807) is 12.1 Å². The number of aliphatic carboxylic acids is 1. The van der Waals surface area contributed by atoms with Gasteiger partial charge in [-0.3, -0.25) is 4.79 Å². The van der Waals surface area contributed by atoms with Crippen molar-refractivity contribution in [3.05, 3.63) is 71.3 Å². The second kappa shape index (κ2) is 9.73. The maximum absolute atomic E-state index is 12.5. The molecular weight excluding hydrogens is 330 g/mol. The van der Waals surface area contributed by atoms with Gasteiger partial charge in [0.05, 0.1) is 6.04 Å². The zero-order valence-electron chi connectivity index (χ0n) is 14.9. The van der Waals surface area contributed by atoms with E-state index in [0.29, 0.717) is 5.56 Å². The van der Waals surface area contributed by atoms with Gasteiger partial charge in [0.15, 0.2) is 6.10 Å². The molecule has 2 atom stereocenters. The van der Waals surface area contributed by atoms with Crippen molar-refractivity contribution in [2.24, 2.45) is 0 Å². The highest BCUT2D eigenvalue weighted by Gasteiger charge is 2.27. The zero-order valence-corrected chi connectivity index (χ0v) is 14.9. The van der Waals surface area contributed by atoms with E-state index in [-0.39, 0.29) is 6.42 Å². The molecule has 0 fully saturated rings. The first kappa shape index (κ1) is 19.7. The van der Waals surface area contributed by atoms with Crippen LogP contribution in [0.5, 0.6) is 0 Å². The number of aliphatic hydroxyl groups is 1. The van der Waals surface area contributed by atoms with Gasteiger partial charge in [-0.05, 0) is 42.5 Å². The van der Waals surface area contributed by atoms with Crippen LogP contribution in [-0.4, -0.2) is 34.2 Å². The Morgan fingerprint density at radius 3 is 2.23 bits per heavy atom. The molecule has 0 heterocycles. The van der Waals surface area contributed by atoms with Gasteiger partial charge in [-0.25, -0.2) is 4.79 Å². The van der Waals surface area contributed by atoms with Crippen molar-refractivity contribution in [1.82, 2.24) is 5.32 Å². The monoisotopic (exact) mass is 355 g/mol. The van der Waals surface area contributed by atoms with E-state index >= 15 is 0 Å². The topological polar surface area (TPSA) is 86.6 Å². The van der Waals surface area contributed by atoms with Gasteiger partial charge in [0.2, 0.25) is 0 Å². The molecule has 0 bridgehead atoms. The fourth-order valence-corrected chi connectivity index (χ4v) is 2.74. The van der Waals surface area contributed by atoms with Crippen LogP contribution >= 0.6 is 0 Å². The molecule has 0 aliphatic rings. The molecule has 0 radical (unpaired) electrons. The van der Waals surface area contributed by atoms with Crippen molar-refractivity contribution >= 4 is 11.9 Å². The Kier molecular flexibility index (Phi) is 7.36. The van der Waals surface area contributed by atoms with Crippen molar-refractivity contribution in [2.75, 3.05) is 0 Å². The van der Waals surface area contributed by atoms with Crippen molar-refractivity contribution in [1.29, 1.82) is 0 Å². The lowest BCUT2D eigenvalue weighted by Crippen LogP contribution is -2.48. The molecule has 2 rings (SSSR count). The number of carboxylic acid groups (broad SMARTS) is 1. The van der Waals surface area contributed by atoms with E-state index in [4.69, 9.17) is 5.11 Å². The maximum atomic E-state index is 12.5. The average Bonchev–Trinajstić information content (AvgIpc) is 2.66. The maximum Gasteiger partial charge on any atom is 0.334 e. The summed E-state index contributed by atoms with van der Waals surface area (Å²) >= 11 is 0. The number of carbonyl (C=O) groups excluding carboxylic acids is 1. The minimum Gasteiger partial charge on any atom is -0.479 e. The molecule has 5 nitrogen and oxygen atoms in total. The number of rotatable bonds is 9. The molecule has 0 saturated heterocycles. The minimum absolute atomic E-state index is 0.231. The lowest BCUT2D eigenvalue weighted by Gasteiger charge is -2.21. The highest BCUT2D eigenvalue weighted by atomic mass is 16.4. The molecule has 0 aliphatic carbocycles. The van der Waals surface area contributed by atoms with E-state index in [1.807, 2.05) is 42.5 Å². The smallest absolute Gasteiger partial charge is 0.334 e. The number of hydrogen-bond donors (Lipinski definition) is 3. The van der Waals surface area contributed by atoms with Crippen LogP contribution in [0.3, 0.4) is 0 Å². The molecule has 0 spiro atoms. The summed E-state index contributed by atoms with van der Waals surface area (Å²) in [6.45, 7) is 2.13. The Labute approximate surface area is 153 Å². The number of aliphatic hydroxyl groups excluding tert-OH is 1. The third kappa shape index (κ3) is 5.70. The summed E-state index contributed by atoms with van der Waals surface area (Å²) in [5.74, 6) is -1.76. The molecule has 2 aromatic rings. The summed E-state index contributed by atoms with van der Waals surface area (Å²) in [5, 5.41) is 21.8. The van der Waals surface area contributed by atoms with Crippen LogP contribution in [0.1, 0.15) is 41.3 Å². The number of unbranched alkanes of at least 4 members (excludes halogenated alkanes) is 1. The van der Waals surface area contributed by atoms with Crippen LogP contribution < -0.4 is 5.32 Å². The summed E-state index contributed by atoms with van der Waals surface area (Å²) in [5.41, 5.74) is 2.45. The molecule has 138 valence electrons. The quantitative estimate of drug-likeness (QED) is 0.645. The fourth-order valence-electron chi connectivity index (χ4n) is 2.74. The van der Waals surface area contributed by atoms with E-state index in [2.05, 4.69) is 12.2 Å². The first-order valence-electron chi connectivity index (χ1n) is 8.86. The molecular formula is C21H25NO4. The predicted octanol–water partition coefficient (Wildman–Crippen LogP) is 2.82. The van der Waals surface area contributed by atoms with Gasteiger partial charge in [0.25, 0.3) is 5.91 Å². The summed E-state index contributed by atoms with van der Waals surface area (Å²) in [7, 11) is 0. The van der Waals surface area contributed by atoms with Crippen molar-refractivity contribution < 1.29 is 19.8 Å². The van der Waals surface area contributed by atoms with Crippen molar-refractivity contribution in [2.45, 2.75) is 44.8 Å². The first-order chi connectivity index (χ1) is 12.5. The van der Waals surface area contributed by atoms with E-state index in [0.717, 1.165) is 30.4 Å². The summed E-state index contributed by atoms with van der Waals surface area (Å²) in [6, 6.07) is 15.5. The van der Waals surface area contributed by atoms with Crippen LogP contribution in [0.4, 0.5) is 0 Å². The normalized spacial score (nSPS) is 13.0.